The molecule has 1 aliphatic heterocycles. The smallest absolute Gasteiger partial charge is 0.343 e. The molecule has 1 fully saturated rings. The summed E-state index contributed by atoms with van der Waals surface area (Å²) < 4.78 is 5.52. The standard InChI is InChI=1S/C24H29NO3/c1-3-4-13-22(26)24(2)14-15-25(18-24)17-19-9-8-12-21(16-19)28-23(27)20-10-6-5-7-11-20/h5-12,16H,3-4,13-15,17-18H2,1-2H3. The average molecular weight is 380 g/mol. The molecule has 0 amide bonds. The molecule has 1 unspecified atom stereocenters. The number of benzene rings is 2. The van der Waals surface area contributed by atoms with Gasteiger partial charge >= 0.3 is 5.97 Å². The molecule has 1 heterocycles. The van der Waals surface area contributed by atoms with Crippen LogP contribution >= 0.6 is 0 Å². The molecule has 0 bridgehead atoms. The number of rotatable bonds is 8. The van der Waals surface area contributed by atoms with Gasteiger partial charge in [-0.25, -0.2) is 4.79 Å². The molecule has 4 heteroatoms. The molecule has 0 aliphatic carbocycles. The SMILES string of the molecule is CCCCC(=O)C1(C)CCN(Cc2cccc(OC(=O)c3ccccc3)c2)C1. The summed E-state index contributed by atoms with van der Waals surface area (Å²) in [5, 5.41) is 0. The van der Waals surface area contributed by atoms with Crippen molar-refractivity contribution in [3.8, 4) is 5.75 Å². The maximum absolute atomic E-state index is 12.5. The number of Topliss-reactive ketones (excluding diaryl/α,β-unsaturated/α-hetero) is 1. The van der Waals surface area contributed by atoms with Gasteiger partial charge in [-0.3, -0.25) is 9.69 Å². The second-order valence-corrected chi connectivity index (χ2v) is 7.95. The molecule has 2 aromatic carbocycles. The number of carbonyl (C=O) groups is 2. The van der Waals surface area contributed by atoms with Crippen molar-refractivity contribution in [3.63, 3.8) is 0 Å². The van der Waals surface area contributed by atoms with Crippen LogP contribution in [0.3, 0.4) is 0 Å². The first kappa shape index (κ1) is 20.3. The predicted octanol–water partition coefficient (Wildman–Crippen LogP) is 4.88. The van der Waals surface area contributed by atoms with E-state index in [-0.39, 0.29) is 11.4 Å². The van der Waals surface area contributed by atoms with Crippen molar-refractivity contribution in [1.29, 1.82) is 0 Å². The summed E-state index contributed by atoms with van der Waals surface area (Å²) in [7, 11) is 0. The van der Waals surface area contributed by atoms with E-state index < -0.39 is 0 Å². The van der Waals surface area contributed by atoms with Crippen LogP contribution in [0.5, 0.6) is 5.75 Å². The molecule has 0 aromatic heterocycles. The summed E-state index contributed by atoms with van der Waals surface area (Å²) in [5.74, 6) is 0.586. The Bertz CT molecular complexity index is 818. The minimum absolute atomic E-state index is 0.230. The van der Waals surface area contributed by atoms with Gasteiger partial charge in [0.05, 0.1) is 5.56 Å². The Labute approximate surface area is 167 Å². The topological polar surface area (TPSA) is 46.6 Å². The minimum atomic E-state index is -0.354. The fourth-order valence-electron chi connectivity index (χ4n) is 3.76. The van der Waals surface area contributed by atoms with E-state index in [2.05, 4.69) is 18.7 Å². The zero-order chi connectivity index (χ0) is 20.0. The lowest BCUT2D eigenvalue weighted by atomic mass is 9.82. The Kier molecular flexibility index (Phi) is 6.63. The van der Waals surface area contributed by atoms with Crippen LogP contribution in [0.2, 0.25) is 0 Å². The van der Waals surface area contributed by atoms with Crippen molar-refractivity contribution in [2.45, 2.75) is 46.1 Å². The van der Waals surface area contributed by atoms with E-state index in [0.29, 0.717) is 23.5 Å². The van der Waals surface area contributed by atoms with E-state index in [1.54, 1.807) is 18.2 Å². The highest BCUT2D eigenvalue weighted by Crippen LogP contribution is 2.33. The van der Waals surface area contributed by atoms with Gasteiger partial charge in [0.1, 0.15) is 11.5 Å². The molecule has 4 nitrogen and oxygen atoms in total. The molecule has 2 aromatic rings. The summed E-state index contributed by atoms with van der Waals surface area (Å²) >= 11 is 0. The third-order valence-electron chi connectivity index (χ3n) is 5.51. The largest absolute Gasteiger partial charge is 0.423 e. The fraction of sp³-hybridized carbons (Fsp3) is 0.417. The first-order valence-corrected chi connectivity index (χ1v) is 10.1. The lowest BCUT2D eigenvalue weighted by Crippen LogP contribution is -2.31. The summed E-state index contributed by atoms with van der Waals surface area (Å²) in [6.07, 6.45) is 3.63. The van der Waals surface area contributed by atoms with Gasteiger partial charge in [-0.1, -0.05) is 50.6 Å². The van der Waals surface area contributed by atoms with Gasteiger partial charge < -0.3 is 4.74 Å². The highest BCUT2D eigenvalue weighted by molar-refractivity contribution is 5.91. The molecule has 148 valence electrons. The lowest BCUT2D eigenvalue weighted by Gasteiger charge is -2.23. The molecule has 1 aliphatic rings. The Hall–Kier alpha value is -2.46. The Morgan fingerprint density at radius 1 is 1.11 bits per heavy atom. The number of hydrogen-bond donors (Lipinski definition) is 0. The fourth-order valence-corrected chi connectivity index (χ4v) is 3.76. The van der Waals surface area contributed by atoms with Crippen LogP contribution in [0.1, 0.15) is 55.5 Å². The van der Waals surface area contributed by atoms with Gasteiger partial charge in [0, 0.05) is 24.9 Å². The van der Waals surface area contributed by atoms with E-state index in [4.69, 9.17) is 4.74 Å². The monoisotopic (exact) mass is 379 g/mol. The molecule has 0 radical (unpaired) electrons. The van der Waals surface area contributed by atoms with Crippen LogP contribution in [0, 0.1) is 5.41 Å². The second-order valence-electron chi connectivity index (χ2n) is 7.95. The summed E-state index contributed by atoms with van der Waals surface area (Å²) in [5.41, 5.74) is 1.39. The molecule has 3 rings (SSSR count). The second kappa shape index (κ2) is 9.16. The van der Waals surface area contributed by atoms with Gasteiger partial charge in [-0.15, -0.1) is 0 Å². The average Bonchev–Trinajstić information content (AvgIpc) is 3.09. The molecular weight excluding hydrogens is 350 g/mol. The van der Waals surface area contributed by atoms with Gasteiger partial charge in [0.15, 0.2) is 0 Å². The Balaban J connectivity index is 1.59. The number of ketones is 1. The van der Waals surface area contributed by atoms with E-state index in [9.17, 15) is 9.59 Å². The maximum Gasteiger partial charge on any atom is 0.343 e. The van der Waals surface area contributed by atoms with Gasteiger partial charge in [0.2, 0.25) is 0 Å². The molecule has 1 atom stereocenters. The molecular formula is C24H29NO3. The quantitative estimate of drug-likeness (QED) is 0.485. The third kappa shape index (κ3) is 5.08. The predicted molar refractivity (Wildman–Crippen MR) is 110 cm³/mol. The van der Waals surface area contributed by atoms with Crippen LogP contribution in [0.25, 0.3) is 0 Å². The van der Waals surface area contributed by atoms with Gasteiger partial charge in [0.25, 0.3) is 0 Å². The zero-order valence-corrected chi connectivity index (χ0v) is 16.8. The normalized spacial score (nSPS) is 19.5. The highest BCUT2D eigenvalue weighted by Gasteiger charge is 2.39. The van der Waals surface area contributed by atoms with Crippen molar-refractivity contribution in [3.05, 3.63) is 65.7 Å². The lowest BCUT2D eigenvalue weighted by molar-refractivity contribution is -0.127. The zero-order valence-electron chi connectivity index (χ0n) is 16.8. The number of likely N-dealkylation sites (tertiary alicyclic amines) is 1. The molecule has 0 N–H and O–H groups in total. The number of ether oxygens (including phenoxy) is 1. The Morgan fingerprint density at radius 3 is 2.64 bits per heavy atom. The van der Waals surface area contributed by atoms with Crippen molar-refractivity contribution in [2.75, 3.05) is 13.1 Å². The number of esters is 1. The van der Waals surface area contributed by atoms with Crippen LogP contribution in [-0.4, -0.2) is 29.7 Å². The van der Waals surface area contributed by atoms with Crippen molar-refractivity contribution in [2.24, 2.45) is 5.41 Å². The van der Waals surface area contributed by atoms with E-state index in [1.807, 2.05) is 36.4 Å². The van der Waals surface area contributed by atoms with Crippen LogP contribution in [-0.2, 0) is 11.3 Å². The molecule has 1 saturated heterocycles. The highest BCUT2D eigenvalue weighted by atomic mass is 16.5. The van der Waals surface area contributed by atoms with Crippen molar-refractivity contribution in [1.82, 2.24) is 4.90 Å². The number of hydrogen-bond acceptors (Lipinski definition) is 4. The number of nitrogens with zero attached hydrogens (tertiary/aromatic N) is 1. The number of carbonyl (C=O) groups excluding carboxylic acids is 2. The van der Waals surface area contributed by atoms with Crippen molar-refractivity contribution >= 4 is 11.8 Å². The first-order valence-electron chi connectivity index (χ1n) is 10.1. The first-order chi connectivity index (χ1) is 13.5. The van der Waals surface area contributed by atoms with Crippen LogP contribution < -0.4 is 4.74 Å². The molecule has 0 spiro atoms. The molecule has 28 heavy (non-hydrogen) atoms. The summed E-state index contributed by atoms with van der Waals surface area (Å²) in [6, 6.07) is 16.6. The maximum atomic E-state index is 12.5. The molecule has 0 saturated carbocycles. The van der Waals surface area contributed by atoms with Crippen molar-refractivity contribution < 1.29 is 14.3 Å². The van der Waals surface area contributed by atoms with Crippen LogP contribution in [0.15, 0.2) is 54.6 Å². The number of unbranched alkanes of at least 4 members (excludes halogenated alkanes) is 1. The van der Waals surface area contributed by atoms with E-state index >= 15 is 0 Å². The van der Waals surface area contributed by atoms with Gasteiger partial charge in [-0.2, -0.15) is 0 Å². The van der Waals surface area contributed by atoms with Gasteiger partial charge in [-0.05, 0) is 49.2 Å². The third-order valence-corrected chi connectivity index (χ3v) is 5.51. The Morgan fingerprint density at radius 2 is 1.89 bits per heavy atom. The van der Waals surface area contributed by atoms with E-state index in [1.165, 1.54) is 0 Å². The summed E-state index contributed by atoms with van der Waals surface area (Å²) in [4.78, 5) is 27.1. The van der Waals surface area contributed by atoms with E-state index in [0.717, 1.165) is 44.5 Å². The van der Waals surface area contributed by atoms with Crippen LogP contribution in [0.4, 0.5) is 0 Å². The summed E-state index contributed by atoms with van der Waals surface area (Å²) in [6.45, 7) is 6.69. The minimum Gasteiger partial charge on any atom is -0.423 e.